The largest absolute Gasteiger partial charge is 0.493 e. The number of hydrogen-bond acceptors (Lipinski definition) is 6. The van der Waals surface area contributed by atoms with Crippen molar-refractivity contribution in [1.82, 2.24) is 10.3 Å². The molecule has 0 bridgehead atoms. The number of aromatic nitrogens is 1. The molecule has 7 nitrogen and oxygen atoms in total. The van der Waals surface area contributed by atoms with Crippen molar-refractivity contribution in [2.75, 3.05) is 19.7 Å². The molecule has 2 aromatic carbocycles. The Labute approximate surface area is 184 Å². The quantitative estimate of drug-likeness (QED) is 0.464. The topological polar surface area (TPSA) is 120 Å². The van der Waals surface area contributed by atoms with Crippen molar-refractivity contribution in [1.29, 1.82) is 0 Å². The molecule has 0 aliphatic carbocycles. The van der Waals surface area contributed by atoms with Crippen LogP contribution in [0.3, 0.4) is 0 Å². The molecule has 0 atom stereocenters. The lowest BCUT2D eigenvalue weighted by Crippen LogP contribution is -2.29. The summed E-state index contributed by atoms with van der Waals surface area (Å²) in [7, 11) is 0. The minimum atomic E-state index is -0.342. The molecule has 0 fully saturated rings. The lowest BCUT2D eigenvalue weighted by molar-refractivity contribution is -0.121. The second kappa shape index (κ2) is 12.8. The van der Waals surface area contributed by atoms with E-state index < -0.39 is 0 Å². The van der Waals surface area contributed by atoms with Crippen molar-refractivity contribution in [3.05, 3.63) is 58.6 Å². The smallest absolute Gasteiger partial charge is 0.220 e. The van der Waals surface area contributed by atoms with Crippen LogP contribution in [-0.4, -0.2) is 36.5 Å². The van der Waals surface area contributed by atoms with Gasteiger partial charge in [-0.05, 0) is 30.3 Å². The van der Waals surface area contributed by atoms with Crippen LogP contribution < -0.4 is 21.5 Å². The van der Waals surface area contributed by atoms with Crippen molar-refractivity contribution in [3.8, 4) is 5.75 Å². The molecule has 3 rings (SSSR count). The fraction of sp³-hybridized carbons (Fsp3) is 0.286. The summed E-state index contributed by atoms with van der Waals surface area (Å²) in [5.74, 6) is 0.433. The van der Waals surface area contributed by atoms with Crippen LogP contribution in [0.25, 0.3) is 10.2 Å². The zero-order chi connectivity index (χ0) is 21.8. The Hall–Kier alpha value is -2.68. The number of nitrogens with two attached hydrogens (primary N) is 2. The SMILES string of the molecule is NC(=O)CCOc1ccccc1.NCCNC(=O)CCc1nc2ccc(Cl)cc2s1. The first-order chi connectivity index (χ1) is 14.5. The average Bonchev–Trinajstić information content (AvgIpc) is 3.14. The van der Waals surface area contributed by atoms with Gasteiger partial charge in [0, 0.05) is 31.0 Å². The third-order valence-electron chi connectivity index (χ3n) is 3.79. The molecule has 0 radical (unpaired) electrons. The van der Waals surface area contributed by atoms with Crippen LogP contribution in [0.5, 0.6) is 5.75 Å². The summed E-state index contributed by atoms with van der Waals surface area (Å²) < 4.78 is 6.27. The summed E-state index contributed by atoms with van der Waals surface area (Å²) in [5, 5.41) is 4.40. The van der Waals surface area contributed by atoms with Crippen molar-refractivity contribution < 1.29 is 14.3 Å². The van der Waals surface area contributed by atoms with Gasteiger partial charge in [-0.15, -0.1) is 11.3 Å². The fourth-order valence-electron chi connectivity index (χ4n) is 2.36. The lowest BCUT2D eigenvalue weighted by atomic mass is 10.3. The average molecular weight is 449 g/mol. The normalized spacial score (nSPS) is 10.2. The molecule has 0 aliphatic heterocycles. The van der Waals surface area contributed by atoms with Crippen molar-refractivity contribution >= 4 is 45.0 Å². The highest BCUT2D eigenvalue weighted by atomic mass is 35.5. The Morgan fingerprint density at radius 3 is 2.60 bits per heavy atom. The van der Waals surface area contributed by atoms with E-state index in [-0.39, 0.29) is 18.2 Å². The van der Waals surface area contributed by atoms with E-state index in [1.54, 1.807) is 11.3 Å². The molecular formula is C21H25ClN4O3S. The first kappa shape index (κ1) is 23.6. The van der Waals surface area contributed by atoms with Gasteiger partial charge < -0.3 is 21.5 Å². The number of nitrogens with one attached hydrogen (secondary N) is 1. The Morgan fingerprint density at radius 2 is 1.90 bits per heavy atom. The van der Waals surface area contributed by atoms with Crippen LogP contribution in [0, 0.1) is 0 Å². The van der Waals surface area contributed by atoms with Crippen LogP contribution in [0.4, 0.5) is 0 Å². The first-order valence-electron chi connectivity index (χ1n) is 9.46. The molecule has 1 aromatic heterocycles. The van der Waals surface area contributed by atoms with Crippen molar-refractivity contribution in [2.45, 2.75) is 19.3 Å². The number of hydrogen-bond donors (Lipinski definition) is 3. The Balaban J connectivity index is 0.000000232. The van der Waals surface area contributed by atoms with Gasteiger partial charge in [-0.25, -0.2) is 4.98 Å². The molecule has 5 N–H and O–H groups in total. The molecule has 3 aromatic rings. The summed E-state index contributed by atoms with van der Waals surface area (Å²) in [4.78, 5) is 26.2. The van der Waals surface area contributed by atoms with Crippen LogP contribution >= 0.6 is 22.9 Å². The zero-order valence-corrected chi connectivity index (χ0v) is 18.0. The maximum atomic E-state index is 11.4. The molecule has 30 heavy (non-hydrogen) atoms. The predicted octanol–water partition coefficient (Wildman–Crippen LogP) is 2.90. The number of rotatable bonds is 9. The van der Waals surface area contributed by atoms with Gasteiger partial charge in [-0.3, -0.25) is 9.59 Å². The highest BCUT2D eigenvalue weighted by Crippen LogP contribution is 2.25. The number of fused-ring (bicyclic) bond motifs is 1. The lowest BCUT2D eigenvalue weighted by Gasteiger charge is -2.02. The predicted molar refractivity (Wildman–Crippen MR) is 121 cm³/mol. The van der Waals surface area contributed by atoms with E-state index in [9.17, 15) is 9.59 Å². The number of carbonyl (C=O) groups is 2. The van der Waals surface area contributed by atoms with Gasteiger partial charge in [-0.1, -0.05) is 29.8 Å². The Morgan fingerprint density at radius 1 is 1.13 bits per heavy atom. The summed E-state index contributed by atoms with van der Waals surface area (Å²) in [5.41, 5.74) is 11.2. The van der Waals surface area contributed by atoms with Crippen LogP contribution in [0.2, 0.25) is 5.02 Å². The van der Waals surface area contributed by atoms with Gasteiger partial charge in [0.15, 0.2) is 0 Å². The zero-order valence-electron chi connectivity index (χ0n) is 16.5. The molecule has 9 heteroatoms. The third kappa shape index (κ3) is 8.77. The monoisotopic (exact) mass is 448 g/mol. The van der Waals surface area contributed by atoms with Crippen LogP contribution in [0.1, 0.15) is 17.8 Å². The Kier molecular flexibility index (Phi) is 10.1. The minimum absolute atomic E-state index is 0.0118. The van der Waals surface area contributed by atoms with E-state index in [4.69, 9.17) is 27.8 Å². The van der Waals surface area contributed by atoms with E-state index in [1.165, 1.54) is 0 Å². The van der Waals surface area contributed by atoms with E-state index in [2.05, 4.69) is 10.3 Å². The molecular weight excluding hydrogens is 424 g/mol. The minimum Gasteiger partial charge on any atom is -0.493 e. The number of nitrogens with zero attached hydrogens (tertiary/aromatic N) is 1. The van der Waals surface area contributed by atoms with Crippen LogP contribution in [0.15, 0.2) is 48.5 Å². The van der Waals surface area contributed by atoms with Crippen molar-refractivity contribution in [3.63, 3.8) is 0 Å². The van der Waals surface area contributed by atoms with Gasteiger partial charge in [0.05, 0.1) is 28.3 Å². The van der Waals surface area contributed by atoms with E-state index >= 15 is 0 Å². The number of aryl methyl sites for hydroxylation is 1. The fourth-order valence-corrected chi connectivity index (χ4v) is 3.60. The second-order valence-corrected chi connectivity index (χ2v) is 7.79. The number of ether oxygens (including phenoxy) is 1. The van der Waals surface area contributed by atoms with Gasteiger partial charge in [0.2, 0.25) is 11.8 Å². The second-order valence-electron chi connectivity index (χ2n) is 6.24. The number of thiazole rings is 1. The van der Waals surface area contributed by atoms with Gasteiger partial charge in [0.1, 0.15) is 5.75 Å². The third-order valence-corrected chi connectivity index (χ3v) is 5.10. The molecule has 0 saturated heterocycles. The number of carbonyl (C=O) groups excluding carboxylic acids is 2. The molecule has 0 unspecified atom stereocenters. The van der Waals surface area contributed by atoms with E-state index in [0.717, 1.165) is 21.0 Å². The van der Waals surface area contributed by atoms with E-state index in [1.807, 2.05) is 48.5 Å². The molecule has 0 saturated carbocycles. The summed E-state index contributed by atoms with van der Waals surface area (Å²) in [6.07, 6.45) is 1.34. The number of amides is 2. The number of primary amides is 1. The number of para-hydroxylation sites is 1. The van der Waals surface area contributed by atoms with Crippen LogP contribution in [-0.2, 0) is 16.0 Å². The van der Waals surface area contributed by atoms with E-state index in [0.29, 0.717) is 37.6 Å². The Bertz CT molecular complexity index is 950. The number of halogens is 1. The number of benzene rings is 2. The van der Waals surface area contributed by atoms with Gasteiger partial charge >= 0.3 is 0 Å². The summed E-state index contributed by atoms with van der Waals surface area (Å²) in [6.45, 7) is 1.33. The summed E-state index contributed by atoms with van der Waals surface area (Å²) >= 11 is 7.49. The summed E-state index contributed by atoms with van der Waals surface area (Å²) in [6, 6.07) is 14.9. The van der Waals surface area contributed by atoms with Gasteiger partial charge in [-0.2, -0.15) is 0 Å². The van der Waals surface area contributed by atoms with Crippen molar-refractivity contribution in [2.24, 2.45) is 11.5 Å². The molecule has 1 heterocycles. The maximum absolute atomic E-state index is 11.4. The maximum Gasteiger partial charge on any atom is 0.220 e. The molecule has 0 aliphatic rings. The van der Waals surface area contributed by atoms with Gasteiger partial charge in [0.25, 0.3) is 0 Å². The first-order valence-corrected chi connectivity index (χ1v) is 10.6. The molecule has 2 amide bonds. The molecule has 0 spiro atoms. The standard InChI is InChI=1S/C12H14ClN3OS.C9H11NO2/c13-8-1-2-9-10(7-8)18-12(16-9)4-3-11(17)15-6-5-14;10-9(11)6-7-12-8-4-2-1-3-5-8/h1-2,7H,3-6,14H2,(H,15,17);1-5H,6-7H2,(H2,10,11). The highest BCUT2D eigenvalue weighted by Gasteiger charge is 2.07. The highest BCUT2D eigenvalue weighted by molar-refractivity contribution is 7.18. The molecule has 160 valence electrons.